The summed E-state index contributed by atoms with van der Waals surface area (Å²) < 4.78 is 1.37. The SMILES string of the molecule is CSc1cccc(-c2ccc([C@@H]3C[C@@H]3c3cc(=O)n(C)c(N)n3)cc2)c1.Cl. The van der Waals surface area contributed by atoms with E-state index in [1.807, 2.05) is 0 Å². The summed E-state index contributed by atoms with van der Waals surface area (Å²) in [5.41, 5.74) is 10.3. The fourth-order valence-corrected chi connectivity index (χ4v) is 3.84. The van der Waals surface area contributed by atoms with E-state index in [1.54, 1.807) is 24.9 Å². The van der Waals surface area contributed by atoms with Crippen molar-refractivity contribution in [2.75, 3.05) is 12.0 Å². The molecule has 1 aliphatic rings. The van der Waals surface area contributed by atoms with Gasteiger partial charge in [-0.3, -0.25) is 9.36 Å². The molecule has 1 aromatic heterocycles. The molecular formula is C21H22ClN3OS. The first kappa shape index (κ1) is 19.5. The van der Waals surface area contributed by atoms with Crippen molar-refractivity contribution in [2.45, 2.75) is 23.2 Å². The van der Waals surface area contributed by atoms with E-state index in [4.69, 9.17) is 5.73 Å². The van der Waals surface area contributed by atoms with Gasteiger partial charge in [0.15, 0.2) is 0 Å². The summed E-state index contributed by atoms with van der Waals surface area (Å²) in [5, 5.41) is 0. The molecule has 1 fully saturated rings. The van der Waals surface area contributed by atoms with Crippen molar-refractivity contribution in [2.24, 2.45) is 7.05 Å². The molecule has 0 aliphatic heterocycles. The van der Waals surface area contributed by atoms with Gasteiger partial charge in [0.25, 0.3) is 5.56 Å². The zero-order valence-corrected chi connectivity index (χ0v) is 16.9. The Morgan fingerprint density at radius 3 is 2.48 bits per heavy atom. The highest BCUT2D eigenvalue weighted by Crippen LogP contribution is 2.54. The minimum Gasteiger partial charge on any atom is -0.369 e. The van der Waals surface area contributed by atoms with E-state index in [1.165, 1.54) is 26.2 Å². The van der Waals surface area contributed by atoms with Gasteiger partial charge in [0.2, 0.25) is 5.95 Å². The molecule has 0 saturated heterocycles. The number of halogens is 1. The lowest BCUT2D eigenvalue weighted by atomic mass is 10.0. The molecule has 1 saturated carbocycles. The molecule has 1 aliphatic carbocycles. The Kier molecular flexibility index (Phi) is 5.63. The van der Waals surface area contributed by atoms with Gasteiger partial charge in [-0.2, -0.15) is 0 Å². The summed E-state index contributed by atoms with van der Waals surface area (Å²) in [7, 11) is 1.64. The van der Waals surface area contributed by atoms with Crippen LogP contribution >= 0.6 is 24.2 Å². The maximum Gasteiger partial charge on any atom is 0.254 e. The molecule has 4 nitrogen and oxygen atoms in total. The van der Waals surface area contributed by atoms with Crippen LogP contribution < -0.4 is 11.3 Å². The van der Waals surface area contributed by atoms with Crippen molar-refractivity contribution >= 4 is 30.1 Å². The average Bonchev–Trinajstić information content (AvgIpc) is 3.47. The number of hydrogen-bond acceptors (Lipinski definition) is 4. The van der Waals surface area contributed by atoms with E-state index in [9.17, 15) is 4.79 Å². The molecule has 0 radical (unpaired) electrons. The molecule has 3 aromatic rings. The van der Waals surface area contributed by atoms with Crippen LogP contribution in [0.2, 0.25) is 0 Å². The topological polar surface area (TPSA) is 60.9 Å². The van der Waals surface area contributed by atoms with Crippen LogP contribution in [0.15, 0.2) is 64.3 Å². The summed E-state index contributed by atoms with van der Waals surface area (Å²) in [6.45, 7) is 0. The second-order valence-corrected chi connectivity index (χ2v) is 7.62. The van der Waals surface area contributed by atoms with Crippen LogP contribution in [0.25, 0.3) is 11.1 Å². The molecule has 0 amide bonds. The van der Waals surface area contributed by atoms with E-state index in [0.717, 1.165) is 12.1 Å². The molecule has 2 aromatic carbocycles. The Morgan fingerprint density at radius 1 is 1.07 bits per heavy atom. The Hall–Kier alpha value is -2.24. The number of anilines is 1. The zero-order chi connectivity index (χ0) is 18.3. The lowest BCUT2D eigenvalue weighted by Crippen LogP contribution is -2.21. The smallest absolute Gasteiger partial charge is 0.254 e. The van der Waals surface area contributed by atoms with E-state index < -0.39 is 0 Å². The molecule has 6 heteroatoms. The fraction of sp³-hybridized carbons (Fsp3) is 0.238. The Morgan fingerprint density at radius 2 is 1.81 bits per heavy atom. The van der Waals surface area contributed by atoms with Crippen molar-refractivity contribution < 1.29 is 0 Å². The Balaban J connectivity index is 0.00000210. The second-order valence-electron chi connectivity index (χ2n) is 6.74. The van der Waals surface area contributed by atoms with Crippen LogP contribution in [-0.4, -0.2) is 15.8 Å². The highest BCUT2D eigenvalue weighted by molar-refractivity contribution is 7.98. The van der Waals surface area contributed by atoms with E-state index >= 15 is 0 Å². The van der Waals surface area contributed by atoms with Crippen molar-refractivity contribution in [1.29, 1.82) is 0 Å². The molecular weight excluding hydrogens is 378 g/mol. The number of aromatic nitrogens is 2. The summed E-state index contributed by atoms with van der Waals surface area (Å²) in [4.78, 5) is 17.6. The molecule has 0 unspecified atom stereocenters. The first-order chi connectivity index (χ1) is 12.6. The molecule has 27 heavy (non-hydrogen) atoms. The number of benzene rings is 2. The number of nitrogens with two attached hydrogens (primary N) is 1. The number of nitrogens with zero attached hydrogens (tertiary/aromatic N) is 2. The normalized spacial score (nSPS) is 18.0. The molecule has 0 spiro atoms. The maximum atomic E-state index is 11.9. The van der Waals surface area contributed by atoms with Gasteiger partial charge in [-0.05, 0) is 47.4 Å². The number of thioether (sulfide) groups is 1. The molecule has 4 rings (SSSR count). The van der Waals surface area contributed by atoms with E-state index in [2.05, 4.69) is 59.8 Å². The van der Waals surface area contributed by atoms with Crippen LogP contribution in [0.4, 0.5) is 5.95 Å². The van der Waals surface area contributed by atoms with Gasteiger partial charge in [0.1, 0.15) is 0 Å². The monoisotopic (exact) mass is 399 g/mol. The average molecular weight is 400 g/mol. The number of nitrogen functional groups attached to an aromatic ring is 1. The van der Waals surface area contributed by atoms with Crippen LogP contribution in [-0.2, 0) is 7.05 Å². The lowest BCUT2D eigenvalue weighted by Gasteiger charge is -2.07. The number of hydrogen-bond donors (Lipinski definition) is 1. The van der Waals surface area contributed by atoms with Gasteiger partial charge < -0.3 is 5.73 Å². The molecule has 2 N–H and O–H groups in total. The van der Waals surface area contributed by atoms with Gasteiger partial charge in [-0.25, -0.2) is 4.98 Å². The quantitative estimate of drug-likeness (QED) is 0.658. The van der Waals surface area contributed by atoms with Gasteiger partial charge in [0, 0.05) is 23.9 Å². The predicted octanol–water partition coefficient (Wildman–Crippen LogP) is 4.44. The first-order valence-electron chi connectivity index (χ1n) is 8.64. The maximum absolute atomic E-state index is 11.9. The first-order valence-corrected chi connectivity index (χ1v) is 9.87. The second kappa shape index (κ2) is 7.79. The summed E-state index contributed by atoms with van der Waals surface area (Å²) >= 11 is 1.75. The summed E-state index contributed by atoms with van der Waals surface area (Å²) in [6.07, 6.45) is 3.11. The van der Waals surface area contributed by atoms with Crippen LogP contribution in [0.3, 0.4) is 0 Å². The van der Waals surface area contributed by atoms with Crippen molar-refractivity contribution in [3.05, 3.63) is 76.2 Å². The van der Waals surface area contributed by atoms with Gasteiger partial charge >= 0.3 is 0 Å². The predicted molar refractivity (Wildman–Crippen MR) is 115 cm³/mol. The van der Waals surface area contributed by atoms with Crippen LogP contribution in [0.1, 0.15) is 29.5 Å². The minimum absolute atomic E-state index is 0. The standard InChI is InChI=1S/C21H21N3OS.ClH/c1-24-20(25)12-19(23-21(24)22)18-11-17(18)14-8-6-13(7-9-14)15-4-3-5-16(10-15)26-2;/h3-10,12,17-18H,11H2,1-2H3,(H2,22,23);1H/t17-,18-;/m0./s1. The summed E-state index contributed by atoms with van der Waals surface area (Å²) in [5.74, 6) is 0.986. The van der Waals surface area contributed by atoms with Crippen molar-refractivity contribution in [3.8, 4) is 11.1 Å². The Labute approximate surface area is 169 Å². The highest BCUT2D eigenvalue weighted by atomic mass is 35.5. The third kappa shape index (κ3) is 3.89. The third-order valence-corrected chi connectivity index (χ3v) is 5.83. The Bertz CT molecular complexity index is 1020. The molecule has 0 bridgehead atoms. The van der Waals surface area contributed by atoms with Gasteiger partial charge in [-0.15, -0.1) is 24.2 Å². The van der Waals surface area contributed by atoms with Gasteiger partial charge in [-0.1, -0.05) is 36.4 Å². The third-order valence-electron chi connectivity index (χ3n) is 5.10. The highest BCUT2D eigenvalue weighted by Gasteiger charge is 2.41. The van der Waals surface area contributed by atoms with E-state index in [-0.39, 0.29) is 29.8 Å². The minimum atomic E-state index is -0.0952. The molecule has 140 valence electrons. The molecule has 1 heterocycles. The number of rotatable bonds is 4. The van der Waals surface area contributed by atoms with Gasteiger partial charge in [0.05, 0.1) is 5.69 Å². The van der Waals surface area contributed by atoms with Crippen molar-refractivity contribution in [1.82, 2.24) is 9.55 Å². The molecule has 2 atom stereocenters. The van der Waals surface area contributed by atoms with E-state index in [0.29, 0.717) is 5.92 Å². The fourth-order valence-electron chi connectivity index (χ4n) is 3.38. The largest absolute Gasteiger partial charge is 0.369 e. The zero-order valence-electron chi connectivity index (χ0n) is 15.3. The van der Waals surface area contributed by atoms with Crippen LogP contribution in [0.5, 0.6) is 0 Å². The summed E-state index contributed by atoms with van der Waals surface area (Å²) in [6, 6.07) is 18.9. The van der Waals surface area contributed by atoms with Crippen LogP contribution in [0, 0.1) is 0 Å². The lowest BCUT2D eigenvalue weighted by molar-refractivity contribution is 0.813. The van der Waals surface area contributed by atoms with Crippen molar-refractivity contribution in [3.63, 3.8) is 0 Å².